The van der Waals surface area contributed by atoms with Gasteiger partial charge >= 0.3 is 6.03 Å². The molecule has 0 aliphatic heterocycles. The summed E-state index contributed by atoms with van der Waals surface area (Å²) < 4.78 is 0. The predicted octanol–water partition coefficient (Wildman–Crippen LogP) is 3.06. The molecule has 0 heterocycles. The Morgan fingerprint density at radius 2 is 1.76 bits per heavy atom. The van der Waals surface area contributed by atoms with Crippen LogP contribution in [0.15, 0.2) is 42.5 Å². The second-order valence-corrected chi connectivity index (χ2v) is 4.72. The lowest BCUT2D eigenvalue weighted by atomic mass is 10.1. The zero-order chi connectivity index (χ0) is 15.2. The minimum absolute atomic E-state index is 0.250. The normalized spacial score (nSPS) is 10.0. The molecule has 2 rings (SSSR count). The van der Waals surface area contributed by atoms with Crippen molar-refractivity contribution in [2.45, 2.75) is 13.5 Å². The van der Waals surface area contributed by atoms with Crippen LogP contribution in [-0.4, -0.2) is 18.2 Å². The smallest absolute Gasteiger partial charge is 0.318 e. The highest BCUT2D eigenvalue weighted by molar-refractivity contribution is 5.89. The summed E-state index contributed by atoms with van der Waals surface area (Å²) in [6.07, 6.45) is 0. The molecule has 0 aliphatic carbocycles. The maximum Gasteiger partial charge on any atom is 0.318 e. The van der Waals surface area contributed by atoms with Crippen LogP contribution in [0.25, 0.3) is 0 Å². The molecule has 0 spiro atoms. The number of hydrogen-bond donors (Lipinski definition) is 4. The number of anilines is 2. The number of aryl methyl sites for hydroxylation is 1. The van der Waals surface area contributed by atoms with Crippen LogP contribution in [-0.2, 0) is 6.54 Å². The summed E-state index contributed by atoms with van der Waals surface area (Å²) in [5, 5.41) is 18.4. The number of aromatic hydroxyl groups is 1. The molecule has 5 heteroatoms. The van der Waals surface area contributed by atoms with E-state index in [1.54, 1.807) is 7.05 Å². The van der Waals surface area contributed by atoms with Gasteiger partial charge in [0.15, 0.2) is 0 Å². The van der Waals surface area contributed by atoms with Crippen molar-refractivity contribution in [3.63, 3.8) is 0 Å². The quantitative estimate of drug-likeness (QED) is 0.697. The molecule has 4 N–H and O–H groups in total. The summed E-state index contributed by atoms with van der Waals surface area (Å²) in [7, 11) is 1.57. The molecule has 2 aromatic carbocycles. The molecule has 0 saturated carbocycles. The summed E-state index contributed by atoms with van der Waals surface area (Å²) in [5.74, 6) is 0.322. The number of nitrogens with one attached hydrogen (secondary N) is 3. The van der Waals surface area contributed by atoms with Crippen LogP contribution >= 0.6 is 0 Å². The van der Waals surface area contributed by atoms with E-state index in [4.69, 9.17) is 0 Å². The van der Waals surface area contributed by atoms with E-state index in [9.17, 15) is 9.90 Å². The molecule has 2 aromatic rings. The minimum atomic E-state index is -0.250. The summed E-state index contributed by atoms with van der Waals surface area (Å²) in [5.41, 5.74) is 3.35. The van der Waals surface area contributed by atoms with Crippen LogP contribution < -0.4 is 16.0 Å². The monoisotopic (exact) mass is 285 g/mol. The number of phenolic OH excluding ortho intramolecular Hbond substituents is 1. The van der Waals surface area contributed by atoms with Crippen LogP contribution in [0.4, 0.5) is 16.2 Å². The maximum absolute atomic E-state index is 11.2. The molecule has 110 valence electrons. The van der Waals surface area contributed by atoms with Gasteiger partial charge in [0.05, 0.1) is 0 Å². The third-order valence-corrected chi connectivity index (χ3v) is 3.17. The van der Waals surface area contributed by atoms with Gasteiger partial charge in [-0.1, -0.05) is 18.2 Å². The van der Waals surface area contributed by atoms with Gasteiger partial charge in [-0.3, -0.25) is 0 Å². The largest absolute Gasteiger partial charge is 0.507 e. The van der Waals surface area contributed by atoms with Gasteiger partial charge in [0.25, 0.3) is 0 Å². The van der Waals surface area contributed by atoms with Crippen LogP contribution in [0, 0.1) is 6.92 Å². The first-order valence-electron chi connectivity index (χ1n) is 6.70. The highest BCUT2D eigenvalue weighted by Crippen LogP contribution is 2.22. The number of hydrogen-bond acceptors (Lipinski definition) is 3. The van der Waals surface area contributed by atoms with Crippen LogP contribution in [0.5, 0.6) is 5.75 Å². The average Bonchev–Trinajstić information content (AvgIpc) is 2.50. The van der Waals surface area contributed by atoms with Gasteiger partial charge in [-0.05, 0) is 36.8 Å². The molecular formula is C16H19N3O2. The molecule has 0 atom stereocenters. The Labute approximate surface area is 124 Å². The van der Waals surface area contributed by atoms with E-state index in [1.807, 2.05) is 49.4 Å². The number of benzene rings is 2. The molecule has 2 amide bonds. The van der Waals surface area contributed by atoms with E-state index in [1.165, 1.54) is 0 Å². The molecule has 0 aromatic heterocycles. The number of phenols is 1. The van der Waals surface area contributed by atoms with E-state index in [2.05, 4.69) is 16.0 Å². The molecule has 0 unspecified atom stereocenters. The van der Waals surface area contributed by atoms with Crippen molar-refractivity contribution in [1.82, 2.24) is 5.32 Å². The second kappa shape index (κ2) is 6.65. The summed E-state index contributed by atoms with van der Waals surface area (Å²) in [4.78, 5) is 11.2. The predicted molar refractivity (Wildman–Crippen MR) is 84.7 cm³/mol. The number of para-hydroxylation sites is 1. The summed E-state index contributed by atoms with van der Waals surface area (Å²) in [6, 6.07) is 12.8. The van der Waals surface area contributed by atoms with E-state index in [-0.39, 0.29) is 6.03 Å². The van der Waals surface area contributed by atoms with Gasteiger partial charge in [-0.15, -0.1) is 0 Å². The molecule has 5 nitrogen and oxygen atoms in total. The third kappa shape index (κ3) is 3.89. The van der Waals surface area contributed by atoms with Gasteiger partial charge in [-0.2, -0.15) is 0 Å². The number of rotatable bonds is 4. The molecule has 0 bridgehead atoms. The lowest BCUT2D eigenvalue weighted by Gasteiger charge is -2.10. The SMILES string of the molecule is CNC(=O)Nc1ccc(NCc2cccc(C)c2O)cc1. The average molecular weight is 285 g/mol. The Morgan fingerprint density at radius 3 is 2.43 bits per heavy atom. The van der Waals surface area contributed by atoms with Crippen LogP contribution in [0.1, 0.15) is 11.1 Å². The Balaban J connectivity index is 1.97. The Kier molecular flexibility index (Phi) is 4.66. The van der Waals surface area contributed by atoms with Gasteiger partial charge in [0, 0.05) is 30.5 Å². The molecule has 0 radical (unpaired) electrons. The van der Waals surface area contributed by atoms with Crippen molar-refractivity contribution in [3.8, 4) is 5.75 Å². The van der Waals surface area contributed by atoms with Gasteiger partial charge in [0.2, 0.25) is 0 Å². The first-order chi connectivity index (χ1) is 10.1. The first kappa shape index (κ1) is 14.7. The van der Waals surface area contributed by atoms with E-state index < -0.39 is 0 Å². The van der Waals surface area contributed by atoms with E-state index in [0.29, 0.717) is 12.3 Å². The van der Waals surface area contributed by atoms with Gasteiger partial charge in [0.1, 0.15) is 5.75 Å². The Morgan fingerprint density at radius 1 is 1.10 bits per heavy atom. The van der Waals surface area contributed by atoms with Crippen LogP contribution in [0.2, 0.25) is 0 Å². The van der Waals surface area contributed by atoms with Crippen molar-refractivity contribution in [1.29, 1.82) is 0 Å². The zero-order valence-electron chi connectivity index (χ0n) is 12.1. The van der Waals surface area contributed by atoms with E-state index >= 15 is 0 Å². The van der Waals surface area contributed by atoms with Crippen molar-refractivity contribution >= 4 is 17.4 Å². The van der Waals surface area contributed by atoms with Gasteiger partial charge in [-0.25, -0.2) is 4.79 Å². The topological polar surface area (TPSA) is 73.4 Å². The number of amides is 2. The number of carbonyl (C=O) groups is 1. The number of carbonyl (C=O) groups excluding carboxylic acids is 1. The lowest BCUT2D eigenvalue weighted by Crippen LogP contribution is -2.24. The van der Waals surface area contributed by atoms with Crippen LogP contribution in [0.3, 0.4) is 0 Å². The summed E-state index contributed by atoms with van der Waals surface area (Å²) in [6.45, 7) is 2.41. The molecule has 0 fully saturated rings. The lowest BCUT2D eigenvalue weighted by molar-refractivity contribution is 0.254. The summed E-state index contributed by atoms with van der Waals surface area (Å²) >= 11 is 0. The van der Waals surface area contributed by atoms with Crippen molar-refractivity contribution in [2.24, 2.45) is 0 Å². The highest BCUT2D eigenvalue weighted by Gasteiger charge is 2.03. The zero-order valence-corrected chi connectivity index (χ0v) is 12.1. The first-order valence-corrected chi connectivity index (χ1v) is 6.70. The fraction of sp³-hybridized carbons (Fsp3) is 0.188. The Hall–Kier alpha value is -2.69. The molecule has 0 aliphatic rings. The van der Waals surface area contributed by atoms with E-state index in [0.717, 1.165) is 22.5 Å². The third-order valence-electron chi connectivity index (χ3n) is 3.17. The fourth-order valence-corrected chi connectivity index (χ4v) is 1.92. The molecule has 21 heavy (non-hydrogen) atoms. The minimum Gasteiger partial charge on any atom is -0.507 e. The van der Waals surface area contributed by atoms with Crippen molar-refractivity contribution in [2.75, 3.05) is 17.7 Å². The maximum atomic E-state index is 11.2. The second-order valence-electron chi connectivity index (χ2n) is 4.72. The Bertz CT molecular complexity index is 624. The molecule has 0 saturated heterocycles. The standard InChI is InChI=1S/C16H19N3O2/c1-11-4-3-5-12(15(11)20)10-18-13-6-8-14(9-7-13)19-16(21)17-2/h3-9,18,20H,10H2,1-2H3,(H2,17,19,21). The highest BCUT2D eigenvalue weighted by atomic mass is 16.3. The number of urea groups is 1. The fourth-order valence-electron chi connectivity index (χ4n) is 1.92. The van der Waals surface area contributed by atoms with Crippen molar-refractivity contribution < 1.29 is 9.90 Å². The van der Waals surface area contributed by atoms with Crippen molar-refractivity contribution in [3.05, 3.63) is 53.6 Å². The molecular weight excluding hydrogens is 266 g/mol. The van der Waals surface area contributed by atoms with Gasteiger partial charge < -0.3 is 21.1 Å².